The van der Waals surface area contributed by atoms with Gasteiger partial charge in [-0.1, -0.05) is 83.1 Å². The first kappa shape index (κ1) is 25.0. The molecule has 0 saturated carbocycles. The lowest BCUT2D eigenvalue weighted by Crippen LogP contribution is -2.25. The maximum absolute atomic E-state index is 11.5. The van der Waals surface area contributed by atoms with Crippen molar-refractivity contribution in [2.75, 3.05) is 13.3 Å². The molecule has 172 valence electrons. The lowest BCUT2D eigenvalue weighted by atomic mass is 10.0. The molecule has 0 aromatic heterocycles. The van der Waals surface area contributed by atoms with Crippen molar-refractivity contribution < 1.29 is 14.3 Å². The van der Waals surface area contributed by atoms with Crippen molar-refractivity contribution in [2.45, 2.75) is 84.5 Å². The van der Waals surface area contributed by atoms with Crippen LogP contribution in [0.4, 0.5) is 0 Å². The minimum atomic E-state index is -0.00807. The van der Waals surface area contributed by atoms with Crippen LogP contribution in [0, 0.1) is 5.92 Å². The number of carbonyl (C=O) groups excluding carboxylic acids is 1. The molecule has 4 nitrogen and oxygen atoms in total. The number of hydrogen-bond donors (Lipinski definition) is 1. The first-order valence-electron chi connectivity index (χ1n) is 12.1. The van der Waals surface area contributed by atoms with Gasteiger partial charge in [0.1, 0.15) is 0 Å². The van der Waals surface area contributed by atoms with Crippen LogP contribution in [0.3, 0.4) is 0 Å². The smallest absolute Gasteiger partial charge is 0.243 e. The zero-order valence-electron chi connectivity index (χ0n) is 19.5. The van der Waals surface area contributed by atoms with E-state index >= 15 is 0 Å². The van der Waals surface area contributed by atoms with Crippen molar-refractivity contribution in [1.82, 2.24) is 5.32 Å². The quantitative estimate of drug-likeness (QED) is 0.180. The Bertz CT molecular complexity index is 694. The number of nitrogens with one attached hydrogen (secondary N) is 1. The second kappa shape index (κ2) is 15.6. The summed E-state index contributed by atoms with van der Waals surface area (Å²) in [6.07, 6.45) is 21.6. The third-order valence-corrected chi connectivity index (χ3v) is 5.45. The van der Waals surface area contributed by atoms with Gasteiger partial charge in [-0.25, -0.2) is 0 Å². The fraction of sp³-hybridized carbons (Fsp3) is 0.593. The van der Waals surface area contributed by atoms with E-state index in [0.717, 1.165) is 30.9 Å². The number of fused-ring (bicyclic) bond motifs is 1. The molecule has 1 aromatic rings. The summed E-state index contributed by atoms with van der Waals surface area (Å²) in [7, 11) is 0. The highest BCUT2D eigenvalue weighted by Gasteiger charge is 2.12. The predicted molar refractivity (Wildman–Crippen MR) is 129 cm³/mol. The van der Waals surface area contributed by atoms with Crippen LogP contribution in [-0.2, 0) is 11.2 Å². The third-order valence-electron chi connectivity index (χ3n) is 5.45. The van der Waals surface area contributed by atoms with Gasteiger partial charge in [0, 0.05) is 12.6 Å². The first-order chi connectivity index (χ1) is 15.1. The normalized spacial score (nSPS) is 13.0. The Labute approximate surface area is 189 Å². The zero-order chi connectivity index (χ0) is 22.2. The summed E-state index contributed by atoms with van der Waals surface area (Å²) in [5, 5.41) is 2.88. The summed E-state index contributed by atoms with van der Waals surface area (Å²) in [6, 6.07) is 6.31. The molecule has 4 heteroatoms. The Morgan fingerprint density at radius 3 is 2.35 bits per heavy atom. The highest BCUT2D eigenvalue weighted by atomic mass is 16.7. The largest absolute Gasteiger partial charge is 0.454 e. The summed E-state index contributed by atoms with van der Waals surface area (Å²) < 4.78 is 10.8. The predicted octanol–water partition coefficient (Wildman–Crippen LogP) is 6.74. The number of allylic oxidation sites excluding steroid dienone is 3. The first-order valence-corrected chi connectivity index (χ1v) is 12.1. The average molecular weight is 428 g/mol. The monoisotopic (exact) mass is 427 g/mol. The molecule has 0 unspecified atom stereocenters. The Morgan fingerprint density at radius 2 is 1.61 bits per heavy atom. The van der Waals surface area contributed by atoms with Gasteiger partial charge < -0.3 is 14.8 Å². The van der Waals surface area contributed by atoms with Gasteiger partial charge in [0.05, 0.1) is 0 Å². The second-order valence-corrected chi connectivity index (χ2v) is 8.83. The summed E-state index contributed by atoms with van der Waals surface area (Å²) in [5.41, 5.74) is 1.35. The van der Waals surface area contributed by atoms with E-state index in [1.165, 1.54) is 63.4 Å². The Kier molecular flexibility index (Phi) is 12.6. The number of amides is 1. The third kappa shape index (κ3) is 11.7. The van der Waals surface area contributed by atoms with E-state index in [1.54, 1.807) is 6.08 Å². The lowest BCUT2D eigenvalue weighted by molar-refractivity contribution is -0.116. The van der Waals surface area contributed by atoms with Crippen molar-refractivity contribution in [2.24, 2.45) is 5.92 Å². The molecule has 0 atom stereocenters. The molecular formula is C27H41NO3. The molecule has 0 saturated heterocycles. The highest BCUT2D eigenvalue weighted by Crippen LogP contribution is 2.32. The Balaban J connectivity index is 1.35. The van der Waals surface area contributed by atoms with E-state index in [2.05, 4.69) is 37.4 Å². The lowest BCUT2D eigenvalue weighted by Gasteiger charge is -2.04. The topological polar surface area (TPSA) is 47.6 Å². The molecule has 2 rings (SSSR count). The van der Waals surface area contributed by atoms with Crippen LogP contribution in [0.2, 0.25) is 0 Å². The van der Waals surface area contributed by atoms with Crippen molar-refractivity contribution >= 4 is 5.91 Å². The van der Waals surface area contributed by atoms with E-state index < -0.39 is 0 Å². The fourth-order valence-corrected chi connectivity index (χ4v) is 3.61. The van der Waals surface area contributed by atoms with Gasteiger partial charge in [-0.05, 0) is 49.3 Å². The number of ether oxygens (including phenoxy) is 2. The fourth-order valence-electron chi connectivity index (χ4n) is 3.61. The Hall–Kier alpha value is -2.23. The van der Waals surface area contributed by atoms with Crippen LogP contribution in [0.1, 0.15) is 83.6 Å². The minimum absolute atomic E-state index is 0.00807. The summed E-state index contributed by atoms with van der Waals surface area (Å²) in [5.74, 6) is 2.25. The molecule has 1 heterocycles. The molecule has 0 bridgehead atoms. The van der Waals surface area contributed by atoms with Crippen molar-refractivity contribution in [3.63, 3.8) is 0 Å². The number of aryl methyl sites for hydroxylation is 1. The van der Waals surface area contributed by atoms with Crippen LogP contribution in [0.25, 0.3) is 0 Å². The van der Waals surface area contributed by atoms with Crippen molar-refractivity contribution in [3.05, 3.63) is 48.1 Å². The maximum Gasteiger partial charge on any atom is 0.243 e. The van der Waals surface area contributed by atoms with E-state index in [1.807, 2.05) is 18.2 Å². The summed E-state index contributed by atoms with van der Waals surface area (Å²) >= 11 is 0. The molecule has 0 fully saturated rings. The summed E-state index contributed by atoms with van der Waals surface area (Å²) in [4.78, 5) is 11.5. The van der Waals surface area contributed by atoms with Gasteiger partial charge in [-0.15, -0.1) is 0 Å². The van der Waals surface area contributed by atoms with E-state index in [-0.39, 0.29) is 5.91 Å². The van der Waals surface area contributed by atoms with E-state index in [9.17, 15) is 4.79 Å². The van der Waals surface area contributed by atoms with Gasteiger partial charge in [0.2, 0.25) is 12.7 Å². The number of rotatable bonds is 16. The number of carbonyl (C=O) groups is 1. The van der Waals surface area contributed by atoms with Crippen LogP contribution < -0.4 is 14.8 Å². The second-order valence-electron chi connectivity index (χ2n) is 8.83. The standard InChI is InChI=1S/C27H41NO3/c1-23(2)21-28-27(29)17-15-13-11-9-7-5-3-4-6-8-10-12-14-16-24-18-19-25-26(20-24)31-22-30-25/h11,13,15,17-20,23H,3-10,12,14,16,21-22H2,1-2H3,(H,28,29)/b13-11+,17-15+. The molecule has 1 aliphatic heterocycles. The van der Waals surface area contributed by atoms with Crippen molar-refractivity contribution in [3.8, 4) is 11.5 Å². The summed E-state index contributed by atoms with van der Waals surface area (Å²) in [6.45, 7) is 5.27. The van der Waals surface area contributed by atoms with Gasteiger partial charge in [0.25, 0.3) is 0 Å². The van der Waals surface area contributed by atoms with Crippen LogP contribution >= 0.6 is 0 Å². The molecule has 31 heavy (non-hydrogen) atoms. The molecule has 1 aromatic carbocycles. The van der Waals surface area contributed by atoms with Crippen LogP contribution in [-0.4, -0.2) is 19.2 Å². The van der Waals surface area contributed by atoms with Gasteiger partial charge >= 0.3 is 0 Å². The highest BCUT2D eigenvalue weighted by molar-refractivity contribution is 5.87. The van der Waals surface area contributed by atoms with Crippen molar-refractivity contribution in [1.29, 1.82) is 0 Å². The zero-order valence-corrected chi connectivity index (χ0v) is 19.5. The van der Waals surface area contributed by atoms with Crippen LogP contribution in [0.5, 0.6) is 11.5 Å². The molecule has 1 N–H and O–H groups in total. The van der Waals surface area contributed by atoms with E-state index in [0.29, 0.717) is 12.7 Å². The molecule has 1 aliphatic rings. The van der Waals surface area contributed by atoms with E-state index in [4.69, 9.17) is 9.47 Å². The molecule has 0 radical (unpaired) electrons. The number of hydrogen-bond acceptors (Lipinski definition) is 3. The number of unbranched alkanes of at least 4 members (excludes halogenated alkanes) is 9. The van der Waals surface area contributed by atoms with Gasteiger partial charge in [-0.2, -0.15) is 0 Å². The number of benzene rings is 1. The SMILES string of the molecule is CC(C)CNC(=O)/C=C/C=C/CCCCCCCCCCCc1ccc2c(c1)OCO2. The molecule has 0 spiro atoms. The molecule has 0 aliphatic carbocycles. The van der Waals surface area contributed by atoms with Gasteiger partial charge in [-0.3, -0.25) is 4.79 Å². The average Bonchev–Trinajstić information content (AvgIpc) is 3.23. The molecular weight excluding hydrogens is 386 g/mol. The maximum atomic E-state index is 11.5. The molecule has 1 amide bonds. The van der Waals surface area contributed by atoms with Gasteiger partial charge in [0.15, 0.2) is 11.5 Å². The Morgan fingerprint density at radius 1 is 0.935 bits per heavy atom. The van der Waals surface area contributed by atoms with Crippen LogP contribution in [0.15, 0.2) is 42.5 Å². The minimum Gasteiger partial charge on any atom is -0.454 e.